The average Bonchev–Trinajstić information content (AvgIpc) is 3.43. The lowest BCUT2D eigenvalue weighted by Gasteiger charge is -2.37. The van der Waals surface area contributed by atoms with Gasteiger partial charge < -0.3 is 10.2 Å². The summed E-state index contributed by atoms with van der Waals surface area (Å²) in [6.45, 7) is -0.846. The molecular formula is C27H26F8N2O4S2. The molecule has 0 saturated carbocycles. The van der Waals surface area contributed by atoms with Gasteiger partial charge in [-0.05, 0) is 60.6 Å². The lowest BCUT2D eigenvalue weighted by molar-refractivity contribution is -0.348. The van der Waals surface area contributed by atoms with Crippen LogP contribution in [0.3, 0.4) is 0 Å². The van der Waals surface area contributed by atoms with Gasteiger partial charge in [0.1, 0.15) is 16.0 Å². The van der Waals surface area contributed by atoms with Crippen LogP contribution in [0.1, 0.15) is 30.4 Å². The number of alkyl halides is 7. The minimum absolute atomic E-state index is 0.159. The number of rotatable bonds is 6. The molecule has 0 aliphatic carbocycles. The SMILES string of the molecule is CNC(=O)C1(C(=O)N2CCC(c3ccc(C(F)(C(F)(F)F)C(F)(F)F)cc3)(S(=O)(=O)c3ccc(F)cc3)C2)CCSCC1. The van der Waals surface area contributed by atoms with Crippen molar-refractivity contribution in [1.82, 2.24) is 10.2 Å². The summed E-state index contributed by atoms with van der Waals surface area (Å²) in [6.07, 6.45) is -12.8. The molecule has 0 bridgehead atoms. The Morgan fingerprint density at radius 2 is 1.40 bits per heavy atom. The molecule has 2 heterocycles. The number of hydrogen-bond acceptors (Lipinski definition) is 5. The predicted octanol–water partition coefficient (Wildman–Crippen LogP) is 5.28. The zero-order valence-electron chi connectivity index (χ0n) is 22.5. The van der Waals surface area contributed by atoms with E-state index in [1.54, 1.807) is 0 Å². The molecule has 1 atom stereocenters. The van der Waals surface area contributed by atoms with E-state index >= 15 is 0 Å². The van der Waals surface area contributed by atoms with Crippen molar-refractivity contribution in [2.75, 3.05) is 31.6 Å². The van der Waals surface area contributed by atoms with Gasteiger partial charge in [0.2, 0.25) is 11.8 Å². The van der Waals surface area contributed by atoms with Crippen molar-refractivity contribution >= 4 is 33.4 Å². The van der Waals surface area contributed by atoms with Crippen LogP contribution in [0.25, 0.3) is 0 Å². The van der Waals surface area contributed by atoms with Crippen LogP contribution in [-0.4, -0.2) is 69.1 Å². The Balaban J connectivity index is 1.84. The van der Waals surface area contributed by atoms with Gasteiger partial charge >= 0.3 is 18.0 Å². The standard InChI is InChI=1S/C27H26F8N2O4S2/c1-36-21(38)23(11-14-42-15-12-23)22(39)37-13-10-24(16-37,43(40,41)20-8-6-19(28)7-9-20)17-2-4-18(5-3-17)25(29,26(30,31)32)27(33,34)35/h2-9H,10-16H2,1H3,(H,36,38). The number of benzene rings is 2. The maximum absolute atomic E-state index is 14.7. The van der Waals surface area contributed by atoms with Gasteiger partial charge in [0.15, 0.2) is 9.84 Å². The third kappa shape index (κ3) is 5.27. The molecule has 1 unspecified atom stereocenters. The number of carbonyl (C=O) groups excluding carboxylic acids is 2. The highest BCUT2D eigenvalue weighted by atomic mass is 32.2. The zero-order chi connectivity index (χ0) is 32.1. The lowest BCUT2D eigenvalue weighted by atomic mass is 9.79. The molecule has 4 rings (SSSR count). The molecular weight excluding hydrogens is 632 g/mol. The molecule has 16 heteroatoms. The third-order valence-corrected chi connectivity index (χ3v) is 11.6. The first-order chi connectivity index (χ1) is 19.9. The summed E-state index contributed by atoms with van der Waals surface area (Å²) >= 11 is 1.52. The van der Waals surface area contributed by atoms with Crippen LogP contribution in [0.15, 0.2) is 53.4 Å². The van der Waals surface area contributed by atoms with E-state index in [-0.39, 0.29) is 43.5 Å². The van der Waals surface area contributed by atoms with Crippen LogP contribution >= 0.6 is 11.8 Å². The number of amides is 2. The lowest BCUT2D eigenvalue weighted by Crippen LogP contribution is -2.54. The van der Waals surface area contributed by atoms with E-state index in [9.17, 15) is 53.1 Å². The monoisotopic (exact) mass is 658 g/mol. The molecule has 2 aromatic rings. The quantitative estimate of drug-likeness (QED) is 0.260. The highest BCUT2D eigenvalue weighted by molar-refractivity contribution is 7.99. The number of thioether (sulfide) groups is 1. The summed E-state index contributed by atoms with van der Waals surface area (Å²) < 4.78 is 135. The number of carbonyl (C=O) groups is 2. The van der Waals surface area contributed by atoms with Gasteiger partial charge in [-0.25, -0.2) is 17.2 Å². The van der Waals surface area contributed by atoms with E-state index in [4.69, 9.17) is 0 Å². The van der Waals surface area contributed by atoms with E-state index in [0.29, 0.717) is 23.6 Å². The van der Waals surface area contributed by atoms with Crippen molar-refractivity contribution in [3.05, 3.63) is 65.5 Å². The molecule has 2 aliphatic rings. The van der Waals surface area contributed by atoms with Gasteiger partial charge in [-0.3, -0.25) is 9.59 Å². The highest BCUT2D eigenvalue weighted by Gasteiger charge is 2.73. The van der Waals surface area contributed by atoms with Crippen molar-refractivity contribution < 1.29 is 53.1 Å². The molecule has 43 heavy (non-hydrogen) atoms. The number of nitrogens with zero attached hydrogens (tertiary/aromatic N) is 1. The van der Waals surface area contributed by atoms with Crippen LogP contribution in [0.2, 0.25) is 0 Å². The van der Waals surface area contributed by atoms with Crippen LogP contribution < -0.4 is 5.32 Å². The maximum atomic E-state index is 14.7. The summed E-state index contributed by atoms with van der Waals surface area (Å²) in [5.74, 6) is -1.08. The molecule has 2 fully saturated rings. The molecule has 2 aromatic carbocycles. The Morgan fingerprint density at radius 1 is 0.860 bits per heavy atom. The first-order valence-electron chi connectivity index (χ1n) is 12.9. The Kier molecular flexibility index (Phi) is 8.63. The van der Waals surface area contributed by atoms with Gasteiger partial charge in [-0.2, -0.15) is 38.1 Å². The molecule has 2 aliphatic heterocycles. The number of likely N-dealkylation sites (tertiary alicyclic amines) is 1. The molecule has 2 amide bonds. The van der Waals surface area contributed by atoms with Crippen molar-refractivity contribution in [2.24, 2.45) is 5.41 Å². The van der Waals surface area contributed by atoms with Gasteiger partial charge in [-0.15, -0.1) is 0 Å². The summed E-state index contributed by atoms with van der Waals surface area (Å²) in [5, 5.41) is 2.47. The minimum Gasteiger partial charge on any atom is -0.358 e. The van der Waals surface area contributed by atoms with E-state index < -0.39 is 72.7 Å². The summed E-state index contributed by atoms with van der Waals surface area (Å²) in [7, 11) is -3.27. The molecule has 236 valence electrons. The first kappa shape index (κ1) is 33.0. The fourth-order valence-electron chi connectivity index (χ4n) is 5.70. The molecule has 1 N–H and O–H groups in total. The molecule has 6 nitrogen and oxygen atoms in total. The van der Waals surface area contributed by atoms with Gasteiger partial charge in [0, 0.05) is 25.7 Å². The van der Waals surface area contributed by atoms with Gasteiger partial charge in [0.25, 0.3) is 0 Å². The second-order valence-corrected chi connectivity index (χ2v) is 13.9. The Morgan fingerprint density at radius 3 is 1.88 bits per heavy atom. The molecule has 0 spiro atoms. The Labute approximate surface area is 246 Å². The van der Waals surface area contributed by atoms with E-state index in [1.165, 1.54) is 18.8 Å². The molecule has 0 radical (unpaired) electrons. The van der Waals surface area contributed by atoms with Crippen LogP contribution in [0.4, 0.5) is 35.1 Å². The summed E-state index contributed by atoms with van der Waals surface area (Å²) in [4.78, 5) is 27.5. The van der Waals surface area contributed by atoms with Crippen LogP contribution in [0, 0.1) is 11.2 Å². The van der Waals surface area contributed by atoms with Crippen molar-refractivity contribution in [3.63, 3.8) is 0 Å². The van der Waals surface area contributed by atoms with E-state index in [1.807, 2.05) is 0 Å². The van der Waals surface area contributed by atoms with Gasteiger partial charge in [0.05, 0.1) is 4.90 Å². The minimum atomic E-state index is -6.38. The van der Waals surface area contributed by atoms with E-state index in [0.717, 1.165) is 29.2 Å². The zero-order valence-corrected chi connectivity index (χ0v) is 24.1. The van der Waals surface area contributed by atoms with Crippen molar-refractivity contribution in [1.29, 1.82) is 0 Å². The first-order valence-corrected chi connectivity index (χ1v) is 15.5. The topological polar surface area (TPSA) is 83.6 Å². The normalized spacial score (nSPS) is 21.5. The van der Waals surface area contributed by atoms with Crippen LogP contribution in [-0.2, 0) is 29.8 Å². The second kappa shape index (κ2) is 11.2. The number of sulfone groups is 1. The number of nitrogens with one attached hydrogen (secondary N) is 1. The predicted molar refractivity (Wildman–Crippen MR) is 141 cm³/mol. The second-order valence-electron chi connectivity index (χ2n) is 10.4. The van der Waals surface area contributed by atoms with Crippen molar-refractivity contribution in [2.45, 2.75) is 46.9 Å². The summed E-state index contributed by atoms with van der Waals surface area (Å²) in [5.41, 5.74) is -9.36. The largest absolute Gasteiger partial charge is 0.435 e. The third-order valence-electron chi connectivity index (χ3n) is 8.16. The fraction of sp³-hybridized carbons (Fsp3) is 0.481. The smallest absolute Gasteiger partial charge is 0.358 e. The number of hydrogen-bond donors (Lipinski definition) is 1. The van der Waals surface area contributed by atoms with Gasteiger partial charge in [-0.1, -0.05) is 24.3 Å². The van der Waals surface area contributed by atoms with Crippen LogP contribution in [0.5, 0.6) is 0 Å². The average molecular weight is 659 g/mol. The summed E-state index contributed by atoms with van der Waals surface area (Å²) in [6, 6.07) is 5.33. The van der Waals surface area contributed by atoms with Crippen molar-refractivity contribution in [3.8, 4) is 0 Å². The molecule has 0 aromatic heterocycles. The Hall–Kier alpha value is -2.88. The Bertz CT molecular complexity index is 1460. The highest BCUT2D eigenvalue weighted by Crippen LogP contribution is 2.54. The molecule has 2 saturated heterocycles. The fourth-order valence-corrected chi connectivity index (χ4v) is 8.96. The van der Waals surface area contributed by atoms with E-state index in [2.05, 4.69) is 5.32 Å². The number of halogens is 8. The maximum Gasteiger partial charge on any atom is 0.435 e.